The molecular formula is C22H24N4O3. The van der Waals surface area contributed by atoms with Crippen LogP contribution in [0.2, 0.25) is 0 Å². The number of fused-ring (bicyclic) bond motifs is 1. The van der Waals surface area contributed by atoms with Crippen LogP contribution in [0.1, 0.15) is 41.6 Å². The lowest BCUT2D eigenvalue weighted by Gasteiger charge is -2.29. The number of ether oxygens (including phenoxy) is 1. The van der Waals surface area contributed by atoms with Crippen LogP contribution in [0.5, 0.6) is 0 Å². The quantitative estimate of drug-likeness (QED) is 0.557. The van der Waals surface area contributed by atoms with E-state index < -0.39 is 5.97 Å². The Morgan fingerprint density at radius 2 is 2.03 bits per heavy atom. The van der Waals surface area contributed by atoms with Gasteiger partial charge in [-0.2, -0.15) is 0 Å². The zero-order valence-corrected chi connectivity index (χ0v) is 16.1. The topological polar surface area (TPSA) is 110 Å². The molecule has 4 rings (SSSR count). The third-order valence-electron chi connectivity index (χ3n) is 5.44. The van der Waals surface area contributed by atoms with Crippen LogP contribution in [-0.4, -0.2) is 27.9 Å². The van der Waals surface area contributed by atoms with Crippen molar-refractivity contribution in [1.82, 2.24) is 9.97 Å². The van der Waals surface area contributed by atoms with E-state index in [4.69, 9.17) is 10.5 Å². The number of aromatic amines is 1. The predicted molar refractivity (Wildman–Crippen MR) is 110 cm³/mol. The minimum absolute atomic E-state index is 0.0578. The number of carbonyl (C=O) groups is 2. The van der Waals surface area contributed by atoms with Crippen LogP contribution in [0.15, 0.2) is 48.8 Å². The van der Waals surface area contributed by atoms with Crippen molar-refractivity contribution in [1.29, 1.82) is 0 Å². The molecule has 1 saturated carbocycles. The number of anilines is 1. The number of carbonyl (C=O) groups excluding carboxylic acids is 2. The summed E-state index contributed by atoms with van der Waals surface area (Å²) in [5.41, 5.74) is 8.19. The van der Waals surface area contributed by atoms with Gasteiger partial charge in [-0.05, 0) is 30.9 Å². The van der Waals surface area contributed by atoms with E-state index in [1.807, 2.05) is 36.4 Å². The molecule has 7 heteroatoms. The second-order valence-corrected chi connectivity index (χ2v) is 7.46. The highest BCUT2D eigenvalue weighted by Gasteiger charge is 2.27. The Kier molecular flexibility index (Phi) is 5.46. The maximum atomic E-state index is 12.8. The number of pyridine rings is 1. The van der Waals surface area contributed by atoms with Crippen LogP contribution >= 0.6 is 0 Å². The van der Waals surface area contributed by atoms with Crippen LogP contribution in [0.3, 0.4) is 0 Å². The van der Waals surface area contributed by atoms with E-state index in [1.54, 1.807) is 6.20 Å². The molecule has 0 aliphatic heterocycles. The largest absolute Gasteiger partial charge is 0.457 e. The van der Waals surface area contributed by atoms with Crippen molar-refractivity contribution in [2.24, 2.45) is 11.7 Å². The molecule has 1 amide bonds. The first-order valence-electron chi connectivity index (χ1n) is 9.85. The maximum absolute atomic E-state index is 12.8. The van der Waals surface area contributed by atoms with Crippen molar-refractivity contribution in [2.75, 3.05) is 5.32 Å². The summed E-state index contributed by atoms with van der Waals surface area (Å²) in [6.07, 6.45) is 6.62. The highest BCUT2D eigenvalue weighted by molar-refractivity contribution is 6.04. The van der Waals surface area contributed by atoms with Gasteiger partial charge in [0.1, 0.15) is 17.8 Å². The fourth-order valence-electron chi connectivity index (χ4n) is 3.90. The smallest absolute Gasteiger partial charge is 0.342 e. The lowest BCUT2D eigenvalue weighted by atomic mass is 9.85. The van der Waals surface area contributed by atoms with Gasteiger partial charge >= 0.3 is 5.97 Å². The first-order valence-corrected chi connectivity index (χ1v) is 9.85. The number of hydrogen-bond acceptors (Lipinski definition) is 5. The van der Waals surface area contributed by atoms with Gasteiger partial charge in [0, 0.05) is 29.7 Å². The van der Waals surface area contributed by atoms with Gasteiger partial charge < -0.3 is 20.8 Å². The molecule has 2 atom stereocenters. The van der Waals surface area contributed by atoms with Crippen LogP contribution in [0.25, 0.3) is 11.0 Å². The zero-order valence-electron chi connectivity index (χ0n) is 16.1. The van der Waals surface area contributed by atoms with Crippen molar-refractivity contribution < 1.29 is 14.3 Å². The second-order valence-electron chi connectivity index (χ2n) is 7.46. The number of aromatic nitrogens is 2. The molecule has 0 bridgehead atoms. The SMILES string of the molecule is NC(=O)[C@@H]1CCC[C@@H](Nc2c(C(=O)OCc3ccccc3)cnc3[nH]ccc23)C1. The molecule has 1 aliphatic carbocycles. The van der Waals surface area contributed by atoms with Crippen LogP contribution in [0.4, 0.5) is 5.69 Å². The van der Waals surface area contributed by atoms with Crippen LogP contribution in [0, 0.1) is 5.92 Å². The summed E-state index contributed by atoms with van der Waals surface area (Å²) in [4.78, 5) is 31.9. The van der Waals surface area contributed by atoms with Gasteiger partial charge in [-0.3, -0.25) is 4.79 Å². The van der Waals surface area contributed by atoms with Crippen molar-refractivity contribution in [3.8, 4) is 0 Å². The molecule has 0 radical (unpaired) electrons. The highest BCUT2D eigenvalue weighted by Crippen LogP contribution is 2.31. The minimum Gasteiger partial charge on any atom is -0.457 e. The Labute approximate surface area is 168 Å². The molecule has 3 aromatic rings. The number of nitrogens with two attached hydrogens (primary N) is 1. The van der Waals surface area contributed by atoms with Crippen molar-refractivity contribution in [3.63, 3.8) is 0 Å². The number of nitrogens with zero attached hydrogens (tertiary/aromatic N) is 1. The lowest BCUT2D eigenvalue weighted by molar-refractivity contribution is -0.122. The van der Waals surface area contributed by atoms with Gasteiger partial charge in [0.25, 0.3) is 0 Å². The van der Waals surface area contributed by atoms with Crippen molar-refractivity contribution in [2.45, 2.75) is 38.3 Å². The van der Waals surface area contributed by atoms with E-state index in [1.165, 1.54) is 6.20 Å². The third kappa shape index (κ3) is 4.23. The molecule has 0 unspecified atom stereocenters. The van der Waals surface area contributed by atoms with Gasteiger partial charge in [0.15, 0.2) is 0 Å². The summed E-state index contributed by atoms with van der Waals surface area (Å²) < 4.78 is 5.53. The highest BCUT2D eigenvalue weighted by atomic mass is 16.5. The van der Waals surface area contributed by atoms with E-state index in [0.29, 0.717) is 23.3 Å². The Balaban J connectivity index is 1.57. The summed E-state index contributed by atoms with van der Waals surface area (Å²) in [6, 6.07) is 11.5. The van der Waals surface area contributed by atoms with E-state index in [2.05, 4.69) is 15.3 Å². The number of primary amides is 1. The number of rotatable bonds is 6. The fourth-order valence-corrected chi connectivity index (χ4v) is 3.90. The van der Waals surface area contributed by atoms with Crippen LogP contribution < -0.4 is 11.1 Å². The number of esters is 1. The molecule has 1 aromatic carbocycles. The van der Waals surface area contributed by atoms with E-state index >= 15 is 0 Å². The average molecular weight is 392 g/mol. The minimum atomic E-state index is -0.436. The average Bonchev–Trinajstić information content (AvgIpc) is 3.22. The number of nitrogens with one attached hydrogen (secondary N) is 2. The molecule has 7 nitrogen and oxygen atoms in total. The van der Waals surface area contributed by atoms with Gasteiger partial charge in [0.05, 0.1) is 5.69 Å². The lowest BCUT2D eigenvalue weighted by Crippen LogP contribution is -2.34. The standard InChI is InChI=1S/C22H24N4O3/c23-20(27)15-7-4-8-16(11-15)26-19-17-9-10-24-21(17)25-12-18(19)22(28)29-13-14-5-2-1-3-6-14/h1-3,5-6,9-10,12,15-16H,4,7-8,11,13H2,(H2,23,27)(H2,24,25,26)/t15-,16-/m1/s1. The number of hydrogen-bond donors (Lipinski definition) is 3. The molecule has 0 saturated heterocycles. The summed E-state index contributed by atoms with van der Waals surface area (Å²) in [5.74, 6) is -0.840. The van der Waals surface area contributed by atoms with Crippen LogP contribution in [-0.2, 0) is 16.1 Å². The molecule has 0 spiro atoms. The third-order valence-corrected chi connectivity index (χ3v) is 5.44. The first kappa shape index (κ1) is 19.0. The molecule has 2 aromatic heterocycles. The van der Waals surface area contributed by atoms with Crippen molar-refractivity contribution >= 4 is 28.6 Å². The Hall–Kier alpha value is -3.35. The van der Waals surface area contributed by atoms with E-state index in [0.717, 1.165) is 30.2 Å². The van der Waals surface area contributed by atoms with Gasteiger partial charge in [-0.1, -0.05) is 36.8 Å². The summed E-state index contributed by atoms with van der Waals surface area (Å²) in [5, 5.41) is 4.29. The molecule has 4 N–H and O–H groups in total. The van der Waals surface area contributed by atoms with E-state index in [-0.39, 0.29) is 24.5 Å². The molecular weight excluding hydrogens is 368 g/mol. The molecule has 29 heavy (non-hydrogen) atoms. The number of benzene rings is 1. The summed E-state index contributed by atoms with van der Waals surface area (Å²) >= 11 is 0. The van der Waals surface area contributed by atoms with Gasteiger partial charge in [-0.25, -0.2) is 9.78 Å². The Morgan fingerprint density at radius 1 is 1.21 bits per heavy atom. The number of amides is 1. The zero-order chi connectivity index (χ0) is 20.2. The summed E-state index contributed by atoms with van der Waals surface area (Å²) in [7, 11) is 0. The Morgan fingerprint density at radius 3 is 2.83 bits per heavy atom. The molecule has 2 heterocycles. The normalized spacial score (nSPS) is 19.0. The van der Waals surface area contributed by atoms with Gasteiger partial charge in [-0.15, -0.1) is 0 Å². The monoisotopic (exact) mass is 392 g/mol. The van der Waals surface area contributed by atoms with E-state index in [9.17, 15) is 9.59 Å². The first-order chi connectivity index (χ1) is 14.1. The second kappa shape index (κ2) is 8.34. The molecule has 150 valence electrons. The predicted octanol–water partition coefficient (Wildman–Crippen LogP) is 3.38. The molecule has 1 fully saturated rings. The van der Waals surface area contributed by atoms with Crippen molar-refractivity contribution in [3.05, 3.63) is 59.9 Å². The molecule has 1 aliphatic rings. The van der Waals surface area contributed by atoms with Gasteiger partial charge in [0.2, 0.25) is 5.91 Å². The maximum Gasteiger partial charge on any atom is 0.342 e. The summed E-state index contributed by atoms with van der Waals surface area (Å²) in [6.45, 7) is 0.192. The fraction of sp³-hybridized carbons (Fsp3) is 0.318. The Bertz CT molecular complexity index is 1020. The number of H-pyrrole nitrogens is 1.